The van der Waals surface area contributed by atoms with Crippen LogP contribution in [0.5, 0.6) is 0 Å². The van der Waals surface area contributed by atoms with Gasteiger partial charge >= 0.3 is 0 Å². The molecule has 2 aromatic carbocycles. The molecule has 1 fully saturated rings. The Morgan fingerprint density at radius 2 is 1.48 bits per heavy atom. The number of piperazine rings is 1. The van der Waals surface area contributed by atoms with E-state index in [1.165, 1.54) is 5.56 Å². The first-order valence-corrected chi connectivity index (χ1v) is 8.11. The molecule has 1 heterocycles. The molecule has 1 aliphatic heterocycles. The van der Waals surface area contributed by atoms with Gasteiger partial charge in [-0.15, -0.1) is 0 Å². The van der Waals surface area contributed by atoms with Crippen molar-refractivity contribution in [1.29, 1.82) is 0 Å². The SMILES string of the molecule is O=C(c1ccccc1)N1CCN(CC=Cc2ccccc2)CC1. The lowest BCUT2D eigenvalue weighted by molar-refractivity contribution is 0.0650. The zero-order valence-corrected chi connectivity index (χ0v) is 13.3. The summed E-state index contributed by atoms with van der Waals surface area (Å²) in [4.78, 5) is 16.7. The number of nitrogens with zero attached hydrogens (tertiary/aromatic N) is 2. The Labute approximate surface area is 137 Å². The van der Waals surface area contributed by atoms with Crippen LogP contribution in [0.25, 0.3) is 6.08 Å². The molecule has 3 heteroatoms. The van der Waals surface area contributed by atoms with Crippen LogP contribution in [0.3, 0.4) is 0 Å². The van der Waals surface area contributed by atoms with E-state index in [1.807, 2.05) is 53.4 Å². The van der Waals surface area contributed by atoms with Gasteiger partial charge < -0.3 is 4.90 Å². The molecule has 2 aromatic rings. The average Bonchev–Trinajstić information content (AvgIpc) is 2.63. The Balaban J connectivity index is 1.47. The molecule has 0 radical (unpaired) electrons. The summed E-state index contributed by atoms with van der Waals surface area (Å²) in [5.74, 6) is 0.144. The van der Waals surface area contributed by atoms with Crippen LogP contribution in [0.4, 0.5) is 0 Å². The average molecular weight is 306 g/mol. The highest BCUT2D eigenvalue weighted by molar-refractivity contribution is 5.94. The van der Waals surface area contributed by atoms with Gasteiger partial charge in [0.25, 0.3) is 5.91 Å². The molecule has 23 heavy (non-hydrogen) atoms. The van der Waals surface area contributed by atoms with Gasteiger partial charge in [0.15, 0.2) is 0 Å². The first-order chi connectivity index (χ1) is 11.3. The van der Waals surface area contributed by atoms with Gasteiger partial charge in [0, 0.05) is 38.3 Å². The topological polar surface area (TPSA) is 23.6 Å². The van der Waals surface area contributed by atoms with Crippen molar-refractivity contribution in [2.75, 3.05) is 32.7 Å². The summed E-state index contributed by atoms with van der Waals surface area (Å²) in [6, 6.07) is 19.9. The Morgan fingerprint density at radius 3 is 2.13 bits per heavy atom. The van der Waals surface area contributed by atoms with Crippen molar-refractivity contribution in [2.24, 2.45) is 0 Å². The molecule has 1 saturated heterocycles. The molecule has 0 saturated carbocycles. The summed E-state index contributed by atoms with van der Waals surface area (Å²) >= 11 is 0. The third-order valence-electron chi connectivity index (χ3n) is 4.15. The molecule has 118 valence electrons. The maximum absolute atomic E-state index is 12.4. The van der Waals surface area contributed by atoms with Gasteiger partial charge in [0.1, 0.15) is 0 Å². The van der Waals surface area contributed by atoms with E-state index >= 15 is 0 Å². The van der Waals surface area contributed by atoms with E-state index in [4.69, 9.17) is 0 Å². The lowest BCUT2D eigenvalue weighted by Gasteiger charge is -2.34. The monoisotopic (exact) mass is 306 g/mol. The number of hydrogen-bond acceptors (Lipinski definition) is 2. The highest BCUT2D eigenvalue weighted by atomic mass is 16.2. The largest absolute Gasteiger partial charge is 0.336 e. The molecule has 0 aromatic heterocycles. The van der Waals surface area contributed by atoms with Crippen LogP contribution in [-0.4, -0.2) is 48.4 Å². The number of benzene rings is 2. The van der Waals surface area contributed by atoms with Crippen LogP contribution in [0.15, 0.2) is 66.7 Å². The van der Waals surface area contributed by atoms with Crippen molar-refractivity contribution in [1.82, 2.24) is 9.80 Å². The van der Waals surface area contributed by atoms with Crippen LogP contribution in [-0.2, 0) is 0 Å². The second-order valence-electron chi connectivity index (χ2n) is 5.77. The smallest absolute Gasteiger partial charge is 0.253 e. The molecule has 1 amide bonds. The highest BCUT2D eigenvalue weighted by Gasteiger charge is 2.21. The third kappa shape index (κ3) is 4.30. The molecule has 0 aliphatic carbocycles. The molecule has 0 bridgehead atoms. The van der Waals surface area contributed by atoms with E-state index in [0.29, 0.717) is 0 Å². The minimum atomic E-state index is 0.144. The molecule has 0 atom stereocenters. The maximum atomic E-state index is 12.4. The number of amides is 1. The molecule has 1 aliphatic rings. The summed E-state index contributed by atoms with van der Waals surface area (Å²) in [5, 5.41) is 0. The zero-order valence-electron chi connectivity index (χ0n) is 13.3. The van der Waals surface area contributed by atoms with Crippen LogP contribution in [0.1, 0.15) is 15.9 Å². The van der Waals surface area contributed by atoms with Gasteiger partial charge in [-0.1, -0.05) is 60.7 Å². The summed E-state index contributed by atoms with van der Waals surface area (Å²) in [6.45, 7) is 4.39. The van der Waals surface area contributed by atoms with E-state index in [-0.39, 0.29) is 5.91 Å². The first-order valence-electron chi connectivity index (χ1n) is 8.11. The molecule has 0 N–H and O–H groups in total. The Morgan fingerprint density at radius 1 is 0.870 bits per heavy atom. The van der Waals surface area contributed by atoms with Crippen LogP contribution in [0.2, 0.25) is 0 Å². The molecule has 0 spiro atoms. The Bertz CT molecular complexity index is 644. The summed E-state index contributed by atoms with van der Waals surface area (Å²) in [5.41, 5.74) is 2.01. The van der Waals surface area contributed by atoms with Crippen LogP contribution in [0, 0.1) is 0 Å². The molecule has 3 rings (SSSR count). The summed E-state index contributed by atoms with van der Waals surface area (Å²) < 4.78 is 0. The normalized spacial score (nSPS) is 15.9. The minimum absolute atomic E-state index is 0.144. The summed E-state index contributed by atoms with van der Waals surface area (Å²) in [7, 11) is 0. The molecular weight excluding hydrogens is 284 g/mol. The van der Waals surface area contributed by atoms with E-state index in [2.05, 4.69) is 29.2 Å². The number of carbonyl (C=O) groups excluding carboxylic acids is 1. The predicted octanol–water partition coefficient (Wildman–Crippen LogP) is 3.16. The second kappa shape index (κ2) is 7.75. The maximum Gasteiger partial charge on any atom is 0.253 e. The lowest BCUT2D eigenvalue weighted by atomic mass is 10.2. The number of hydrogen-bond donors (Lipinski definition) is 0. The minimum Gasteiger partial charge on any atom is -0.336 e. The van der Waals surface area contributed by atoms with Crippen molar-refractivity contribution in [3.8, 4) is 0 Å². The van der Waals surface area contributed by atoms with Gasteiger partial charge in [0.2, 0.25) is 0 Å². The molecule has 0 unspecified atom stereocenters. The number of carbonyl (C=O) groups is 1. The van der Waals surface area contributed by atoms with E-state index in [1.54, 1.807) is 0 Å². The molecule has 3 nitrogen and oxygen atoms in total. The van der Waals surface area contributed by atoms with Crippen molar-refractivity contribution in [3.05, 3.63) is 77.9 Å². The zero-order chi connectivity index (χ0) is 15.9. The van der Waals surface area contributed by atoms with Crippen LogP contribution < -0.4 is 0 Å². The standard InChI is InChI=1S/C20H22N2O/c23-20(19-11-5-2-6-12-19)22-16-14-21(15-17-22)13-7-10-18-8-3-1-4-9-18/h1-12H,13-17H2. The highest BCUT2D eigenvalue weighted by Crippen LogP contribution is 2.09. The first kappa shape index (κ1) is 15.5. The van der Waals surface area contributed by atoms with Gasteiger partial charge in [-0.2, -0.15) is 0 Å². The summed E-state index contributed by atoms with van der Waals surface area (Å²) in [6.07, 6.45) is 4.35. The van der Waals surface area contributed by atoms with Crippen molar-refractivity contribution < 1.29 is 4.79 Å². The van der Waals surface area contributed by atoms with E-state index in [0.717, 1.165) is 38.3 Å². The fourth-order valence-corrected chi connectivity index (χ4v) is 2.80. The third-order valence-corrected chi connectivity index (χ3v) is 4.15. The van der Waals surface area contributed by atoms with Crippen molar-refractivity contribution in [3.63, 3.8) is 0 Å². The lowest BCUT2D eigenvalue weighted by Crippen LogP contribution is -2.48. The van der Waals surface area contributed by atoms with Gasteiger partial charge in [0.05, 0.1) is 0 Å². The van der Waals surface area contributed by atoms with Gasteiger partial charge in [-0.25, -0.2) is 0 Å². The number of rotatable bonds is 4. The fourth-order valence-electron chi connectivity index (χ4n) is 2.80. The van der Waals surface area contributed by atoms with Crippen molar-refractivity contribution >= 4 is 12.0 Å². The predicted molar refractivity (Wildman–Crippen MR) is 94.3 cm³/mol. The van der Waals surface area contributed by atoms with Gasteiger partial charge in [-0.3, -0.25) is 9.69 Å². The van der Waals surface area contributed by atoms with Crippen molar-refractivity contribution in [2.45, 2.75) is 0 Å². The fraction of sp³-hybridized carbons (Fsp3) is 0.250. The van der Waals surface area contributed by atoms with Gasteiger partial charge in [-0.05, 0) is 17.7 Å². The van der Waals surface area contributed by atoms with E-state index < -0.39 is 0 Å². The Kier molecular flexibility index (Phi) is 5.22. The second-order valence-corrected chi connectivity index (χ2v) is 5.77. The van der Waals surface area contributed by atoms with E-state index in [9.17, 15) is 4.79 Å². The molecular formula is C20H22N2O. The Hall–Kier alpha value is -2.39. The van der Waals surface area contributed by atoms with Crippen LogP contribution >= 0.6 is 0 Å². The quantitative estimate of drug-likeness (QED) is 0.866.